The molecule has 0 fully saturated rings. The van der Waals surface area contributed by atoms with Gasteiger partial charge in [0, 0.05) is 23.4 Å². The highest BCUT2D eigenvalue weighted by molar-refractivity contribution is 6.34. The van der Waals surface area contributed by atoms with E-state index in [2.05, 4.69) is 15.4 Å². The van der Waals surface area contributed by atoms with E-state index in [-0.39, 0.29) is 35.0 Å². The number of alkyl halides is 5. The van der Waals surface area contributed by atoms with Crippen molar-refractivity contribution in [2.75, 3.05) is 11.9 Å². The van der Waals surface area contributed by atoms with Crippen molar-refractivity contribution in [3.05, 3.63) is 88.4 Å². The Kier molecular flexibility index (Phi) is 8.19. The maximum absolute atomic E-state index is 14.1. The standard InChI is InChI=1S/C25H20ClF5N2O3/c1-2-36-22(34)24(27,28)17-10-8-15(9-11-17)14-32-23(35)33-18-12-19(25(29,30)31)21(20(26)13-18)16-6-4-3-5-7-16/h3-13H,2,14H2,1H3,(H2,32,33,35). The molecule has 0 aliphatic rings. The average Bonchev–Trinajstić information content (AvgIpc) is 2.83. The molecule has 5 nitrogen and oxygen atoms in total. The Bertz CT molecular complexity index is 1230. The third kappa shape index (κ3) is 6.31. The second kappa shape index (κ2) is 10.9. The third-order valence-electron chi connectivity index (χ3n) is 5.02. The lowest BCUT2D eigenvalue weighted by molar-refractivity contribution is -0.173. The van der Waals surface area contributed by atoms with E-state index >= 15 is 0 Å². The lowest BCUT2D eigenvalue weighted by Gasteiger charge is -2.17. The van der Waals surface area contributed by atoms with Gasteiger partial charge in [-0.1, -0.05) is 66.2 Å². The number of anilines is 1. The molecule has 36 heavy (non-hydrogen) atoms. The molecule has 0 bridgehead atoms. The largest absolute Gasteiger partial charge is 0.461 e. The van der Waals surface area contributed by atoms with Crippen molar-refractivity contribution in [3.63, 3.8) is 0 Å². The van der Waals surface area contributed by atoms with Gasteiger partial charge >= 0.3 is 24.1 Å². The number of nitrogens with one attached hydrogen (secondary N) is 2. The van der Waals surface area contributed by atoms with E-state index in [9.17, 15) is 31.5 Å². The number of carbonyl (C=O) groups excluding carboxylic acids is 2. The topological polar surface area (TPSA) is 67.4 Å². The monoisotopic (exact) mass is 526 g/mol. The summed E-state index contributed by atoms with van der Waals surface area (Å²) in [6.07, 6.45) is -4.74. The minimum Gasteiger partial charge on any atom is -0.461 e. The summed E-state index contributed by atoms with van der Waals surface area (Å²) in [6.45, 7) is 1.08. The van der Waals surface area contributed by atoms with Gasteiger partial charge in [-0.25, -0.2) is 9.59 Å². The summed E-state index contributed by atoms with van der Waals surface area (Å²) in [6, 6.07) is 13.5. The predicted octanol–water partition coefficient (Wildman–Crippen LogP) is 7.00. The van der Waals surface area contributed by atoms with Crippen LogP contribution in [0.1, 0.15) is 23.6 Å². The minimum absolute atomic E-state index is 0.126. The predicted molar refractivity (Wildman–Crippen MR) is 125 cm³/mol. The molecular weight excluding hydrogens is 507 g/mol. The van der Waals surface area contributed by atoms with Crippen molar-refractivity contribution in [1.82, 2.24) is 5.32 Å². The van der Waals surface area contributed by atoms with Gasteiger partial charge in [-0.15, -0.1) is 0 Å². The summed E-state index contributed by atoms with van der Waals surface area (Å²) in [5.41, 5.74) is -1.33. The molecule has 190 valence electrons. The van der Waals surface area contributed by atoms with Crippen LogP contribution in [-0.4, -0.2) is 18.6 Å². The van der Waals surface area contributed by atoms with E-state index in [1.165, 1.54) is 37.3 Å². The van der Waals surface area contributed by atoms with Crippen LogP contribution in [-0.2, 0) is 28.2 Å². The molecule has 2 amide bonds. The Hall–Kier alpha value is -3.66. The van der Waals surface area contributed by atoms with Crippen molar-refractivity contribution in [2.24, 2.45) is 0 Å². The number of rotatable bonds is 7. The van der Waals surface area contributed by atoms with Crippen molar-refractivity contribution in [2.45, 2.75) is 25.6 Å². The number of ether oxygens (including phenoxy) is 1. The van der Waals surface area contributed by atoms with Crippen LogP contribution < -0.4 is 10.6 Å². The molecule has 0 saturated heterocycles. The molecule has 2 N–H and O–H groups in total. The first kappa shape index (κ1) is 26.9. The molecule has 0 atom stereocenters. The maximum Gasteiger partial charge on any atom is 0.417 e. The molecule has 0 aliphatic carbocycles. The van der Waals surface area contributed by atoms with E-state index in [0.717, 1.165) is 18.2 Å². The Morgan fingerprint density at radius 1 is 0.944 bits per heavy atom. The Morgan fingerprint density at radius 3 is 2.17 bits per heavy atom. The van der Waals surface area contributed by atoms with Crippen molar-refractivity contribution >= 4 is 29.3 Å². The van der Waals surface area contributed by atoms with E-state index in [0.29, 0.717) is 5.56 Å². The Morgan fingerprint density at radius 2 is 1.58 bits per heavy atom. The van der Waals surface area contributed by atoms with Crippen LogP contribution in [0.3, 0.4) is 0 Å². The molecule has 0 aliphatic heterocycles. The van der Waals surface area contributed by atoms with Gasteiger partial charge in [0.25, 0.3) is 0 Å². The van der Waals surface area contributed by atoms with Crippen LogP contribution in [0.15, 0.2) is 66.7 Å². The summed E-state index contributed by atoms with van der Waals surface area (Å²) < 4.78 is 73.7. The number of hydrogen-bond acceptors (Lipinski definition) is 3. The smallest absolute Gasteiger partial charge is 0.417 e. The molecule has 0 aromatic heterocycles. The fourth-order valence-electron chi connectivity index (χ4n) is 3.33. The molecule has 0 saturated carbocycles. The number of urea groups is 1. The van der Waals surface area contributed by atoms with Crippen LogP contribution in [0, 0.1) is 0 Å². The summed E-state index contributed by atoms with van der Waals surface area (Å²) >= 11 is 6.16. The van der Waals surface area contributed by atoms with E-state index in [1.807, 2.05) is 0 Å². The highest BCUT2D eigenvalue weighted by Crippen LogP contribution is 2.42. The fraction of sp³-hybridized carbons (Fsp3) is 0.200. The molecule has 3 rings (SSSR count). The number of benzene rings is 3. The first-order valence-electron chi connectivity index (χ1n) is 10.6. The fourth-order valence-corrected chi connectivity index (χ4v) is 3.66. The van der Waals surface area contributed by atoms with Crippen molar-refractivity contribution in [3.8, 4) is 11.1 Å². The van der Waals surface area contributed by atoms with Gasteiger partial charge in [-0.05, 0) is 30.2 Å². The minimum atomic E-state index is -4.74. The van der Waals surface area contributed by atoms with Gasteiger partial charge in [0.1, 0.15) is 0 Å². The summed E-state index contributed by atoms with van der Waals surface area (Å²) in [5.74, 6) is -5.51. The van der Waals surface area contributed by atoms with E-state index in [4.69, 9.17) is 11.6 Å². The first-order valence-corrected chi connectivity index (χ1v) is 11.0. The molecule has 11 heteroatoms. The maximum atomic E-state index is 14.1. The summed E-state index contributed by atoms with van der Waals surface area (Å²) in [7, 11) is 0. The van der Waals surface area contributed by atoms with Gasteiger partial charge in [-0.3, -0.25) is 0 Å². The van der Waals surface area contributed by atoms with Crippen LogP contribution in [0.25, 0.3) is 11.1 Å². The summed E-state index contributed by atoms with van der Waals surface area (Å²) in [5, 5.41) is 4.51. The highest BCUT2D eigenvalue weighted by atomic mass is 35.5. The quantitative estimate of drug-likeness (QED) is 0.257. The first-order chi connectivity index (χ1) is 16.9. The molecule has 0 spiro atoms. The zero-order valence-corrected chi connectivity index (χ0v) is 19.5. The van der Waals surface area contributed by atoms with E-state index < -0.39 is 35.2 Å². The number of carbonyl (C=O) groups is 2. The van der Waals surface area contributed by atoms with Crippen LogP contribution >= 0.6 is 11.6 Å². The lowest BCUT2D eigenvalue weighted by atomic mass is 9.98. The second-order valence-corrected chi connectivity index (χ2v) is 7.95. The van der Waals surface area contributed by atoms with Crippen LogP contribution in [0.4, 0.5) is 32.4 Å². The SMILES string of the molecule is CCOC(=O)C(F)(F)c1ccc(CNC(=O)Nc2cc(Cl)c(-c3ccccc3)c(C(F)(F)F)c2)cc1. The molecule has 0 radical (unpaired) electrons. The van der Waals surface area contributed by atoms with Gasteiger partial charge in [0.2, 0.25) is 0 Å². The Balaban J connectivity index is 1.71. The van der Waals surface area contributed by atoms with Gasteiger partial charge in [-0.2, -0.15) is 22.0 Å². The van der Waals surface area contributed by atoms with E-state index in [1.54, 1.807) is 18.2 Å². The van der Waals surface area contributed by atoms with Crippen molar-refractivity contribution < 1.29 is 36.3 Å². The van der Waals surface area contributed by atoms with Gasteiger partial charge in [0.15, 0.2) is 0 Å². The van der Waals surface area contributed by atoms with Gasteiger partial charge < -0.3 is 15.4 Å². The second-order valence-electron chi connectivity index (χ2n) is 7.54. The number of amides is 2. The lowest BCUT2D eigenvalue weighted by Crippen LogP contribution is -2.29. The van der Waals surface area contributed by atoms with Crippen LogP contribution in [0.2, 0.25) is 5.02 Å². The molecular formula is C25H20ClF5N2O3. The normalized spacial score (nSPS) is 11.6. The number of halogens is 6. The molecule has 3 aromatic rings. The third-order valence-corrected chi connectivity index (χ3v) is 5.32. The van der Waals surface area contributed by atoms with Gasteiger partial charge in [0.05, 0.1) is 17.2 Å². The zero-order valence-electron chi connectivity index (χ0n) is 18.8. The summed E-state index contributed by atoms with van der Waals surface area (Å²) in [4.78, 5) is 23.7. The molecule has 3 aromatic carbocycles. The molecule has 0 heterocycles. The Labute approximate surface area is 208 Å². The number of hydrogen-bond donors (Lipinski definition) is 2. The van der Waals surface area contributed by atoms with Crippen LogP contribution in [0.5, 0.6) is 0 Å². The van der Waals surface area contributed by atoms with Crippen molar-refractivity contribution in [1.29, 1.82) is 0 Å². The average molecular weight is 527 g/mol. The number of esters is 1. The zero-order chi connectivity index (χ0) is 26.5. The highest BCUT2D eigenvalue weighted by Gasteiger charge is 2.42. The molecule has 0 unspecified atom stereocenters.